The van der Waals surface area contributed by atoms with Gasteiger partial charge in [-0.2, -0.15) is 0 Å². The molecule has 0 aromatic carbocycles. The van der Waals surface area contributed by atoms with Crippen LogP contribution in [0.15, 0.2) is 36.5 Å². The van der Waals surface area contributed by atoms with Gasteiger partial charge in [0.1, 0.15) is 0 Å². The summed E-state index contributed by atoms with van der Waals surface area (Å²) < 4.78 is 0. The quantitative estimate of drug-likeness (QED) is 0.441. The molecule has 0 heteroatoms. The Morgan fingerprint density at radius 3 is 2.50 bits per heavy atom. The SMILES string of the molecule is C=C(C)C#CC1C=CC=C1. The minimum absolute atomic E-state index is 0.316. The molecule has 0 spiro atoms. The van der Waals surface area contributed by atoms with Gasteiger partial charge in [-0.3, -0.25) is 0 Å². The van der Waals surface area contributed by atoms with Crippen molar-refractivity contribution in [2.75, 3.05) is 0 Å². The summed E-state index contributed by atoms with van der Waals surface area (Å²) in [6.07, 6.45) is 8.15. The van der Waals surface area contributed by atoms with Crippen LogP contribution in [0.25, 0.3) is 0 Å². The van der Waals surface area contributed by atoms with Gasteiger partial charge in [-0.1, -0.05) is 42.7 Å². The van der Waals surface area contributed by atoms with Crippen LogP contribution in [0.4, 0.5) is 0 Å². The Balaban J connectivity index is 2.56. The fourth-order valence-electron chi connectivity index (χ4n) is 0.735. The molecule has 10 heavy (non-hydrogen) atoms. The maximum Gasteiger partial charge on any atom is 0.0573 e. The van der Waals surface area contributed by atoms with Gasteiger partial charge in [0.05, 0.1) is 5.92 Å². The largest absolute Gasteiger partial charge is 0.0877 e. The molecule has 50 valence electrons. The van der Waals surface area contributed by atoms with Crippen LogP contribution < -0.4 is 0 Å². The zero-order chi connectivity index (χ0) is 7.40. The Morgan fingerprint density at radius 2 is 2.00 bits per heavy atom. The Bertz CT molecular complexity index is 231. The highest BCUT2D eigenvalue weighted by Crippen LogP contribution is 2.06. The van der Waals surface area contributed by atoms with Gasteiger partial charge in [0.15, 0.2) is 0 Å². The molecule has 0 atom stereocenters. The van der Waals surface area contributed by atoms with Gasteiger partial charge in [0, 0.05) is 0 Å². The summed E-state index contributed by atoms with van der Waals surface area (Å²) in [6.45, 7) is 5.61. The van der Waals surface area contributed by atoms with Crippen molar-refractivity contribution in [1.29, 1.82) is 0 Å². The fourth-order valence-corrected chi connectivity index (χ4v) is 0.735. The van der Waals surface area contributed by atoms with Crippen LogP contribution >= 0.6 is 0 Å². The van der Waals surface area contributed by atoms with E-state index in [1.807, 2.05) is 19.1 Å². The summed E-state index contributed by atoms with van der Waals surface area (Å²) in [5.74, 6) is 6.31. The molecule has 1 aliphatic rings. The topological polar surface area (TPSA) is 0 Å². The second-order valence-electron chi connectivity index (χ2n) is 2.35. The van der Waals surface area contributed by atoms with E-state index in [0.29, 0.717) is 5.92 Å². The van der Waals surface area contributed by atoms with E-state index in [-0.39, 0.29) is 0 Å². The highest BCUT2D eigenvalue weighted by Gasteiger charge is 1.95. The van der Waals surface area contributed by atoms with Crippen LogP contribution in [-0.2, 0) is 0 Å². The number of hydrogen-bond acceptors (Lipinski definition) is 0. The van der Waals surface area contributed by atoms with Gasteiger partial charge < -0.3 is 0 Å². The highest BCUT2D eigenvalue weighted by atomic mass is 14.0. The van der Waals surface area contributed by atoms with Crippen molar-refractivity contribution in [2.24, 2.45) is 5.92 Å². The first-order chi connectivity index (χ1) is 4.79. The average molecular weight is 130 g/mol. The Morgan fingerprint density at radius 1 is 1.40 bits per heavy atom. The summed E-state index contributed by atoms with van der Waals surface area (Å²) in [6, 6.07) is 0. The first-order valence-corrected chi connectivity index (χ1v) is 3.31. The van der Waals surface area contributed by atoms with E-state index in [2.05, 4.69) is 30.6 Å². The molecule has 0 bridgehead atoms. The molecular formula is C10H10. The van der Waals surface area contributed by atoms with Gasteiger partial charge >= 0.3 is 0 Å². The van der Waals surface area contributed by atoms with E-state index in [0.717, 1.165) is 5.57 Å². The van der Waals surface area contributed by atoms with Crippen LogP contribution in [-0.4, -0.2) is 0 Å². The molecule has 0 aromatic heterocycles. The molecule has 0 fully saturated rings. The molecule has 0 N–H and O–H groups in total. The van der Waals surface area contributed by atoms with Crippen molar-refractivity contribution >= 4 is 0 Å². The van der Waals surface area contributed by atoms with E-state index in [9.17, 15) is 0 Å². The summed E-state index contributed by atoms with van der Waals surface area (Å²) in [7, 11) is 0. The zero-order valence-electron chi connectivity index (χ0n) is 6.09. The molecule has 0 aromatic rings. The lowest BCUT2D eigenvalue weighted by Crippen LogP contribution is -1.80. The van der Waals surface area contributed by atoms with Crippen LogP contribution in [0.2, 0.25) is 0 Å². The predicted molar refractivity (Wildman–Crippen MR) is 44.4 cm³/mol. The average Bonchev–Trinajstić information content (AvgIpc) is 2.34. The van der Waals surface area contributed by atoms with Crippen molar-refractivity contribution < 1.29 is 0 Å². The molecule has 0 heterocycles. The van der Waals surface area contributed by atoms with Crippen LogP contribution in [0, 0.1) is 17.8 Å². The second-order valence-corrected chi connectivity index (χ2v) is 2.35. The molecule has 1 aliphatic carbocycles. The third kappa shape index (κ3) is 1.95. The molecule has 0 saturated carbocycles. The minimum atomic E-state index is 0.316. The van der Waals surface area contributed by atoms with Gasteiger partial charge in [0.2, 0.25) is 0 Å². The molecule has 0 amide bonds. The third-order valence-corrected chi connectivity index (χ3v) is 1.20. The van der Waals surface area contributed by atoms with E-state index in [1.54, 1.807) is 0 Å². The standard InChI is InChI=1S/C10H10/c1-9(2)7-8-10-5-3-4-6-10/h3-6,10H,1H2,2H3. The molecule has 0 nitrogen and oxygen atoms in total. The van der Waals surface area contributed by atoms with Crippen molar-refractivity contribution in [3.05, 3.63) is 36.5 Å². The maximum atomic E-state index is 3.69. The van der Waals surface area contributed by atoms with Gasteiger partial charge in [-0.25, -0.2) is 0 Å². The third-order valence-electron chi connectivity index (χ3n) is 1.20. The van der Waals surface area contributed by atoms with Gasteiger partial charge in [0.25, 0.3) is 0 Å². The summed E-state index contributed by atoms with van der Waals surface area (Å²) >= 11 is 0. The first-order valence-electron chi connectivity index (χ1n) is 3.31. The number of allylic oxidation sites excluding steroid dienone is 5. The molecular weight excluding hydrogens is 120 g/mol. The van der Waals surface area contributed by atoms with E-state index >= 15 is 0 Å². The first kappa shape index (κ1) is 6.89. The summed E-state index contributed by atoms with van der Waals surface area (Å²) in [5.41, 5.74) is 0.925. The van der Waals surface area contributed by atoms with Crippen molar-refractivity contribution in [3.8, 4) is 11.8 Å². The predicted octanol–water partition coefficient (Wildman–Crippen LogP) is 2.31. The van der Waals surface area contributed by atoms with Crippen molar-refractivity contribution in [2.45, 2.75) is 6.92 Å². The van der Waals surface area contributed by atoms with Gasteiger partial charge in [-0.15, -0.1) is 0 Å². The lowest BCUT2D eigenvalue weighted by Gasteiger charge is -1.88. The van der Waals surface area contributed by atoms with Crippen molar-refractivity contribution in [1.82, 2.24) is 0 Å². The molecule has 1 rings (SSSR count). The number of hydrogen-bond donors (Lipinski definition) is 0. The van der Waals surface area contributed by atoms with Gasteiger partial charge in [-0.05, 0) is 12.5 Å². The fraction of sp³-hybridized carbons (Fsp3) is 0.200. The Hall–Kier alpha value is -1.22. The lowest BCUT2D eigenvalue weighted by atomic mass is 10.2. The Labute approximate surface area is 61.9 Å². The zero-order valence-corrected chi connectivity index (χ0v) is 6.09. The van der Waals surface area contributed by atoms with Crippen LogP contribution in [0.3, 0.4) is 0 Å². The molecule has 0 radical (unpaired) electrons. The van der Waals surface area contributed by atoms with E-state index in [4.69, 9.17) is 0 Å². The van der Waals surface area contributed by atoms with Crippen LogP contribution in [0.5, 0.6) is 0 Å². The normalized spacial score (nSPS) is 14.9. The summed E-state index contributed by atoms with van der Waals surface area (Å²) in [5, 5.41) is 0. The highest BCUT2D eigenvalue weighted by molar-refractivity contribution is 5.32. The minimum Gasteiger partial charge on any atom is -0.0877 e. The number of rotatable bonds is 0. The monoisotopic (exact) mass is 130 g/mol. The molecule has 0 aliphatic heterocycles. The van der Waals surface area contributed by atoms with E-state index in [1.165, 1.54) is 0 Å². The smallest absolute Gasteiger partial charge is 0.0573 e. The Kier molecular flexibility index (Phi) is 2.12. The van der Waals surface area contributed by atoms with Crippen molar-refractivity contribution in [3.63, 3.8) is 0 Å². The van der Waals surface area contributed by atoms with E-state index < -0.39 is 0 Å². The maximum absolute atomic E-state index is 3.69. The molecule has 0 unspecified atom stereocenters. The second kappa shape index (κ2) is 3.08. The molecule has 0 saturated heterocycles. The lowest BCUT2D eigenvalue weighted by molar-refractivity contribution is 1.15. The van der Waals surface area contributed by atoms with Crippen LogP contribution in [0.1, 0.15) is 6.92 Å². The summed E-state index contributed by atoms with van der Waals surface area (Å²) in [4.78, 5) is 0.